The number of anilines is 1. The summed E-state index contributed by atoms with van der Waals surface area (Å²) in [4.78, 5) is 17.3. The normalized spacial score (nSPS) is 22.4. The molecule has 0 N–H and O–H groups in total. The number of carbonyl (C=O) groups is 1. The van der Waals surface area contributed by atoms with E-state index in [0.29, 0.717) is 6.42 Å². The van der Waals surface area contributed by atoms with Crippen molar-refractivity contribution in [1.82, 2.24) is 4.90 Å². The van der Waals surface area contributed by atoms with Crippen molar-refractivity contribution < 1.29 is 4.79 Å². The van der Waals surface area contributed by atoms with Crippen molar-refractivity contribution in [2.75, 3.05) is 24.5 Å². The Morgan fingerprint density at radius 1 is 1.32 bits per heavy atom. The second kappa shape index (κ2) is 6.50. The van der Waals surface area contributed by atoms with Crippen LogP contribution in [-0.2, 0) is 11.2 Å². The molecule has 4 heteroatoms. The van der Waals surface area contributed by atoms with Gasteiger partial charge in [-0.2, -0.15) is 5.26 Å². The molecule has 2 aliphatic heterocycles. The van der Waals surface area contributed by atoms with Gasteiger partial charge in [-0.05, 0) is 50.9 Å². The molecule has 2 aliphatic rings. The predicted octanol–water partition coefficient (Wildman–Crippen LogP) is 2.59. The zero-order chi connectivity index (χ0) is 15.5. The van der Waals surface area contributed by atoms with Crippen LogP contribution in [-0.4, -0.2) is 36.5 Å². The van der Waals surface area contributed by atoms with Gasteiger partial charge in [-0.25, -0.2) is 0 Å². The first-order valence-electron chi connectivity index (χ1n) is 8.21. The molecule has 0 aliphatic carbocycles. The standard InChI is InChI=1S/C18H23N3O/c1-14-13-16-5-2-3-6-17(16)21(14)18(22)15-7-11-20(12-8-15)10-4-9-19/h2-3,5-6,14-15H,4,7-8,10-13H2,1H3. The van der Waals surface area contributed by atoms with Crippen LogP contribution in [0.1, 0.15) is 31.7 Å². The molecule has 1 amide bonds. The highest BCUT2D eigenvalue weighted by molar-refractivity contribution is 5.97. The van der Waals surface area contributed by atoms with Crippen LogP contribution in [0.2, 0.25) is 0 Å². The lowest BCUT2D eigenvalue weighted by Crippen LogP contribution is -2.44. The molecule has 0 spiro atoms. The van der Waals surface area contributed by atoms with Gasteiger partial charge in [0.1, 0.15) is 0 Å². The molecule has 0 aromatic heterocycles. The summed E-state index contributed by atoms with van der Waals surface area (Å²) in [7, 11) is 0. The minimum Gasteiger partial charge on any atom is -0.309 e. The first kappa shape index (κ1) is 15.1. The largest absolute Gasteiger partial charge is 0.309 e. The van der Waals surface area contributed by atoms with Crippen molar-refractivity contribution in [2.24, 2.45) is 5.92 Å². The highest BCUT2D eigenvalue weighted by atomic mass is 16.2. The van der Waals surface area contributed by atoms with E-state index in [1.807, 2.05) is 17.0 Å². The lowest BCUT2D eigenvalue weighted by atomic mass is 9.94. The van der Waals surface area contributed by atoms with Gasteiger partial charge in [0, 0.05) is 30.6 Å². The number of hydrogen-bond acceptors (Lipinski definition) is 3. The number of para-hydroxylation sites is 1. The lowest BCUT2D eigenvalue weighted by molar-refractivity contribution is -0.124. The zero-order valence-corrected chi connectivity index (χ0v) is 13.2. The average Bonchev–Trinajstić information content (AvgIpc) is 2.88. The predicted molar refractivity (Wildman–Crippen MR) is 86.5 cm³/mol. The molecule has 1 aromatic rings. The first-order chi connectivity index (χ1) is 10.7. The van der Waals surface area contributed by atoms with Gasteiger partial charge < -0.3 is 9.80 Å². The number of nitriles is 1. The molecule has 0 bridgehead atoms. The Morgan fingerprint density at radius 2 is 2.05 bits per heavy atom. The Bertz CT molecular complexity index is 584. The topological polar surface area (TPSA) is 47.3 Å². The number of benzene rings is 1. The van der Waals surface area contributed by atoms with Crippen molar-refractivity contribution in [1.29, 1.82) is 5.26 Å². The van der Waals surface area contributed by atoms with E-state index in [-0.39, 0.29) is 17.9 Å². The highest BCUT2D eigenvalue weighted by Crippen LogP contribution is 2.34. The molecule has 3 rings (SSSR count). The van der Waals surface area contributed by atoms with Gasteiger partial charge in [-0.1, -0.05) is 18.2 Å². The smallest absolute Gasteiger partial charge is 0.230 e. The third-order valence-corrected chi connectivity index (χ3v) is 4.92. The third-order valence-electron chi connectivity index (χ3n) is 4.92. The molecule has 1 atom stereocenters. The fourth-order valence-corrected chi connectivity index (χ4v) is 3.71. The summed E-state index contributed by atoms with van der Waals surface area (Å²) < 4.78 is 0. The van der Waals surface area contributed by atoms with E-state index in [1.165, 1.54) is 5.56 Å². The number of rotatable bonds is 3. The molecule has 1 aromatic carbocycles. The molecule has 1 saturated heterocycles. The number of likely N-dealkylation sites (tertiary alicyclic amines) is 1. The molecule has 116 valence electrons. The van der Waals surface area contributed by atoms with Crippen LogP contribution in [0.25, 0.3) is 0 Å². The summed E-state index contributed by atoms with van der Waals surface area (Å²) in [6, 6.07) is 10.7. The quantitative estimate of drug-likeness (QED) is 0.861. The Hall–Kier alpha value is -1.86. The van der Waals surface area contributed by atoms with E-state index < -0.39 is 0 Å². The van der Waals surface area contributed by atoms with Crippen molar-refractivity contribution >= 4 is 11.6 Å². The Labute approximate surface area is 132 Å². The van der Waals surface area contributed by atoms with Crippen LogP contribution in [0.15, 0.2) is 24.3 Å². The molecular formula is C18H23N3O. The Morgan fingerprint density at radius 3 is 2.77 bits per heavy atom. The van der Waals surface area contributed by atoms with Gasteiger partial charge in [0.05, 0.1) is 6.07 Å². The van der Waals surface area contributed by atoms with Crippen LogP contribution in [0, 0.1) is 17.2 Å². The summed E-state index contributed by atoms with van der Waals surface area (Å²) in [5, 5.41) is 8.67. The van der Waals surface area contributed by atoms with E-state index >= 15 is 0 Å². The maximum atomic E-state index is 12.9. The number of carbonyl (C=O) groups excluding carboxylic acids is 1. The average molecular weight is 297 g/mol. The van der Waals surface area contributed by atoms with E-state index in [9.17, 15) is 4.79 Å². The SMILES string of the molecule is CC1Cc2ccccc2N1C(=O)C1CCN(CCC#N)CC1. The fraction of sp³-hybridized carbons (Fsp3) is 0.556. The number of fused-ring (bicyclic) bond motifs is 1. The highest BCUT2D eigenvalue weighted by Gasteiger charge is 2.35. The summed E-state index contributed by atoms with van der Waals surface area (Å²) in [5.74, 6) is 0.421. The number of hydrogen-bond donors (Lipinski definition) is 0. The van der Waals surface area contributed by atoms with Crippen LogP contribution in [0.3, 0.4) is 0 Å². The number of nitrogens with zero attached hydrogens (tertiary/aromatic N) is 3. The van der Waals surface area contributed by atoms with Crippen LogP contribution < -0.4 is 4.90 Å². The van der Waals surface area contributed by atoms with Crippen LogP contribution >= 0.6 is 0 Å². The van der Waals surface area contributed by atoms with E-state index in [1.54, 1.807) is 0 Å². The molecular weight excluding hydrogens is 274 g/mol. The zero-order valence-electron chi connectivity index (χ0n) is 13.2. The van der Waals surface area contributed by atoms with E-state index in [0.717, 1.165) is 44.6 Å². The molecule has 22 heavy (non-hydrogen) atoms. The van der Waals surface area contributed by atoms with Crippen molar-refractivity contribution in [3.63, 3.8) is 0 Å². The van der Waals surface area contributed by atoms with E-state index in [2.05, 4.69) is 30.0 Å². The van der Waals surface area contributed by atoms with Gasteiger partial charge in [-0.15, -0.1) is 0 Å². The second-order valence-electron chi connectivity index (χ2n) is 6.41. The van der Waals surface area contributed by atoms with Crippen molar-refractivity contribution in [3.05, 3.63) is 29.8 Å². The Balaban J connectivity index is 1.65. The summed E-state index contributed by atoms with van der Waals surface area (Å²) >= 11 is 0. The van der Waals surface area contributed by atoms with Gasteiger partial charge in [0.2, 0.25) is 5.91 Å². The van der Waals surface area contributed by atoms with Gasteiger partial charge in [0.15, 0.2) is 0 Å². The molecule has 1 fully saturated rings. The Kier molecular flexibility index (Phi) is 4.44. The fourth-order valence-electron chi connectivity index (χ4n) is 3.71. The minimum absolute atomic E-state index is 0.131. The van der Waals surface area contributed by atoms with E-state index in [4.69, 9.17) is 5.26 Å². The van der Waals surface area contributed by atoms with Gasteiger partial charge in [0.25, 0.3) is 0 Å². The molecule has 0 radical (unpaired) electrons. The van der Waals surface area contributed by atoms with Gasteiger partial charge >= 0.3 is 0 Å². The third kappa shape index (κ3) is 2.86. The maximum Gasteiger partial charge on any atom is 0.230 e. The van der Waals surface area contributed by atoms with Crippen molar-refractivity contribution in [2.45, 2.75) is 38.6 Å². The monoisotopic (exact) mass is 297 g/mol. The van der Waals surface area contributed by atoms with Crippen molar-refractivity contribution in [3.8, 4) is 6.07 Å². The number of piperidine rings is 1. The minimum atomic E-state index is 0.131. The summed E-state index contributed by atoms with van der Waals surface area (Å²) in [5.41, 5.74) is 2.39. The molecule has 4 nitrogen and oxygen atoms in total. The number of amides is 1. The second-order valence-corrected chi connectivity index (χ2v) is 6.41. The molecule has 0 saturated carbocycles. The first-order valence-corrected chi connectivity index (χ1v) is 8.21. The van der Waals surface area contributed by atoms with Gasteiger partial charge in [-0.3, -0.25) is 4.79 Å². The van der Waals surface area contributed by atoms with Crippen LogP contribution in [0.5, 0.6) is 0 Å². The molecule has 2 heterocycles. The molecule has 1 unspecified atom stereocenters. The maximum absolute atomic E-state index is 12.9. The lowest BCUT2D eigenvalue weighted by Gasteiger charge is -2.34. The summed E-state index contributed by atoms with van der Waals surface area (Å²) in [6.07, 6.45) is 3.36. The van der Waals surface area contributed by atoms with Crippen LogP contribution in [0.4, 0.5) is 5.69 Å². The summed E-state index contributed by atoms with van der Waals surface area (Å²) in [6.45, 7) is 4.84.